The number of amides is 1. The number of piperidine rings is 1. The van der Waals surface area contributed by atoms with Crippen LogP contribution < -0.4 is 4.74 Å². The van der Waals surface area contributed by atoms with Crippen molar-refractivity contribution < 1.29 is 22.7 Å². The highest BCUT2D eigenvalue weighted by molar-refractivity contribution is 7.88. The highest BCUT2D eigenvalue weighted by atomic mass is 32.2. The molecule has 1 aromatic carbocycles. The van der Waals surface area contributed by atoms with Gasteiger partial charge >= 0.3 is 0 Å². The summed E-state index contributed by atoms with van der Waals surface area (Å²) in [5, 5.41) is 0. The number of carbonyl (C=O) groups is 2. The summed E-state index contributed by atoms with van der Waals surface area (Å²) in [6.45, 7) is 1.76. The van der Waals surface area contributed by atoms with Crippen LogP contribution in [0.3, 0.4) is 0 Å². The zero-order valence-corrected chi connectivity index (χ0v) is 16.2. The Balaban J connectivity index is 1.42. The number of hydrogen-bond donors (Lipinski definition) is 0. The quantitative estimate of drug-likeness (QED) is 0.757. The van der Waals surface area contributed by atoms with Crippen molar-refractivity contribution in [3.8, 4) is 5.75 Å². The maximum Gasteiger partial charge on any atom is 0.225 e. The maximum absolute atomic E-state index is 12.9. The van der Waals surface area contributed by atoms with Gasteiger partial charge in [-0.25, -0.2) is 12.7 Å². The van der Waals surface area contributed by atoms with Crippen LogP contribution in [-0.4, -0.2) is 67.3 Å². The van der Waals surface area contributed by atoms with Crippen LogP contribution in [0.5, 0.6) is 5.75 Å². The lowest BCUT2D eigenvalue weighted by atomic mass is 9.89. The van der Waals surface area contributed by atoms with Crippen molar-refractivity contribution in [3.63, 3.8) is 0 Å². The average molecular weight is 392 g/mol. The molecular formula is C19H24N2O5S. The van der Waals surface area contributed by atoms with Crippen molar-refractivity contribution in [3.05, 3.63) is 29.8 Å². The third kappa shape index (κ3) is 3.48. The number of para-hydroxylation sites is 1. The van der Waals surface area contributed by atoms with E-state index in [0.717, 1.165) is 0 Å². The second-order valence-corrected chi connectivity index (χ2v) is 9.81. The molecule has 3 aliphatic heterocycles. The summed E-state index contributed by atoms with van der Waals surface area (Å²) in [5.41, 5.74) is -0.0183. The Morgan fingerprint density at radius 1 is 1.19 bits per heavy atom. The number of rotatable bonds is 2. The van der Waals surface area contributed by atoms with Crippen molar-refractivity contribution in [1.29, 1.82) is 0 Å². The number of Topliss-reactive ketones (excluding diaryl/α,β-unsaturated/α-hetero) is 1. The van der Waals surface area contributed by atoms with Gasteiger partial charge in [-0.2, -0.15) is 0 Å². The van der Waals surface area contributed by atoms with Crippen molar-refractivity contribution in [2.75, 3.05) is 32.4 Å². The molecule has 27 heavy (non-hydrogen) atoms. The molecule has 1 atom stereocenters. The molecule has 1 spiro atoms. The van der Waals surface area contributed by atoms with Gasteiger partial charge in [-0.3, -0.25) is 9.59 Å². The van der Waals surface area contributed by atoms with Gasteiger partial charge in [0.1, 0.15) is 11.4 Å². The Labute approximate surface area is 159 Å². The first-order valence-corrected chi connectivity index (χ1v) is 11.2. The van der Waals surface area contributed by atoms with Gasteiger partial charge in [0.15, 0.2) is 5.78 Å². The molecular weight excluding hydrogens is 368 g/mol. The molecule has 1 amide bonds. The fourth-order valence-electron chi connectivity index (χ4n) is 4.40. The molecule has 0 aromatic heterocycles. The van der Waals surface area contributed by atoms with E-state index in [-0.39, 0.29) is 17.6 Å². The van der Waals surface area contributed by atoms with E-state index in [1.54, 1.807) is 17.0 Å². The molecule has 146 valence electrons. The van der Waals surface area contributed by atoms with Gasteiger partial charge in [0.25, 0.3) is 0 Å². The number of ketones is 1. The van der Waals surface area contributed by atoms with Crippen molar-refractivity contribution in [2.45, 2.75) is 31.3 Å². The largest absolute Gasteiger partial charge is 0.484 e. The molecule has 3 heterocycles. The van der Waals surface area contributed by atoms with E-state index in [1.165, 1.54) is 10.6 Å². The number of likely N-dealkylation sites (tertiary alicyclic amines) is 1. The van der Waals surface area contributed by atoms with E-state index in [9.17, 15) is 18.0 Å². The monoisotopic (exact) mass is 392 g/mol. The minimum absolute atomic E-state index is 0.0509. The number of sulfonamides is 1. The van der Waals surface area contributed by atoms with Crippen LogP contribution in [0.15, 0.2) is 24.3 Å². The fraction of sp³-hybridized carbons (Fsp3) is 0.579. The first-order valence-electron chi connectivity index (χ1n) is 9.33. The molecule has 0 bridgehead atoms. The molecule has 0 N–H and O–H groups in total. The van der Waals surface area contributed by atoms with Crippen molar-refractivity contribution in [2.24, 2.45) is 5.92 Å². The van der Waals surface area contributed by atoms with Gasteiger partial charge in [-0.1, -0.05) is 12.1 Å². The zero-order chi connectivity index (χ0) is 19.2. The van der Waals surface area contributed by atoms with Gasteiger partial charge in [-0.15, -0.1) is 0 Å². The lowest BCUT2D eigenvalue weighted by Crippen LogP contribution is -2.47. The smallest absolute Gasteiger partial charge is 0.225 e. The number of benzene rings is 1. The molecule has 3 aliphatic rings. The first-order chi connectivity index (χ1) is 12.8. The van der Waals surface area contributed by atoms with Crippen LogP contribution in [0.2, 0.25) is 0 Å². The van der Waals surface area contributed by atoms with Gasteiger partial charge in [0, 0.05) is 32.0 Å². The fourth-order valence-corrected chi connectivity index (χ4v) is 5.27. The van der Waals surface area contributed by atoms with Gasteiger partial charge in [-0.05, 0) is 25.0 Å². The lowest BCUT2D eigenvalue weighted by molar-refractivity contribution is -0.136. The number of ether oxygens (including phenoxy) is 1. The van der Waals surface area contributed by atoms with Crippen molar-refractivity contribution in [1.82, 2.24) is 9.21 Å². The molecule has 4 rings (SSSR count). The number of fused-ring (bicyclic) bond motifs is 1. The summed E-state index contributed by atoms with van der Waals surface area (Å²) in [6, 6.07) is 7.25. The lowest BCUT2D eigenvalue weighted by Gasteiger charge is -2.35. The Kier molecular flexibility index (Phi) is 4.50. The topological polar surface area (TPSA) is 84.0 Å². The van der Waals surface area contributed by atoms with Crippen LogP contribution in [0.4, 0.5) is 0 Å². The predicted octanol–water partition coefficient (Wildman–Crippen LogP) is 1.29. The standard InChI is InChI=1S/C19H24N2O5S/c1-27(24,25)21-9-6-14(7-10-21)18(23)20-11-8-19(13-20)12-16(22)15-4-2-3-5-17(15)26-19/h2-5,14H,6-13H2,1H3/t19-/m0/s1. The molecule has 0 radical (unpaired) electrons. The number of carbonyl (C=O) groups excluding carboxylic acids is 2. The SMILES string of the molecule is CS(=O)(=O)N1CCC(C(=O)N2CC[C@]3(CC(=O)c4ccccc4O3)C2)CC1. The van der Waals surface area contributed by atoms with Gasteiger partial charge < -0.3 is 9.64 Å². The molecule has 0 saturated carbocycles. The predicted molar refractivity (Wildman–Crippen MR) is 99.1 cm³/mol. The highest BCUT2D eigenvalue weighted by Crippen LogP contribution is 2.39. The summed E-state index contributed by atoms with van der Waals surface area (Å²) >= 11 is 0. The van der Waals surface area contributed by atoms with Gasteiger partial charge in [0.05, 0.1) is 24.8 Å². The second kappa shape index (κ2) is 6.60. The van der Waals surface area contributed by atoms with Crippen LogP contribution in [0.25, 0.3) is 0 Å². The van der Waals surface area contributed by atoms with E-state index in [0.29, 0.717) is 63.2 Å². The van der Waals surface area contributed by atoms with Gasteiger partial charge in [0.2, 0.25) is 15.9 Å². The number of hydrogen-bond acceptors (Lipinski definition) is 5. The summed E-state index contributed by atoms with van der Waals surface area (Å²) in [4.78, 5) is 27.2. The van der Waals surface area contributed by atoms with Crippen LogP contribution in [0.1, 0.15) is 36.0 Å². The Morgan fingerprint density at radius 3 is 2.59 bits per heavy atom. The van der Waals surface area contributed by atoms with E-state index in [2.05, 4.69) is 0 Å². The molecule has 8 heteroatoms. The molecule has 0 aliphatic carbocycles. The van der Waals surface area contributed by atoms with Crippen LogP contribution in [-0.2, 0) is 14.8 Å². The third-order valence-corrected chi connectivity index (χ3v) is 7.20. The molecule has 2 saturated heterocycles. The summed E-state index contributed by atoms with van der Waals surface area (Å²) in [7, 11) is -3.20. The highest BCUT2D eigenvalue weighted by Gasteiger charge is 2.47. The molecule has 7 nitrogen and oxygen atoms in total. The molecule has 1 aromatic rings. The minimum atomic E-state index is -3.20. The van der Waals surface area contributed by atoms with E-state index >= 15 is 0 Å². The average Bonchev–Trinajstić information content (AvgIpc) is 3.03. The Hall–Kier alpha value is -1.93. The number of nitrogens with zero attached hydrogens (tertiary/aromatic N) is 2. The van der Waals surface area contributed by atoms with E-state index < -0.39 is 15.6 Å². The molecule has 2 fully saturated rings. The third-order valence-electron chi connectivity index (χ3n) is 5.90. The summed E-state index contributed by atoms with van der Waals surface area (Å²) < 4.78 is 30.9. The van der Waals surface area contributed by atoms with Crippen LogP contribution in [0, 0.1) is 5.92 Å². The first kappa shape index (κ1) is 18.4. The Morgan fingerprint density at radius 2 is 1.89 bits per heavy atom. The van der Waals surface area contributed by atoms with E-state index in [1.807, 2.05) is 12.1 Å². The van der Waals surface area contributed by atoms with Crippen molar-refractivity contribution >= 4 is 21.7 Å². The molecule has 0 unspecified atom stereocenters. The Bertz CT molecular complexity index is 876. The van der Waals surface area contributed by atoms with E-state index in [4.69, 9.17) is 4.74 Å². The minimum Gasteiger partial charge on any atom is -0.484 e. The normalized spacial score (nSPS) is 26.9. The maximum atomic E-state index is 12.9. The summed E-state index contributed by atoms with van der Waals surface area (Å²) in [5.74, 6) is 0.553. The van der Waals surface area contributed by atoms with Crippen LogP contribution >= 0.6 is 0 Å². The zero-order valence-electron chi connectivity index (χ0n) is 15.4. The second-order valence-electron chi connectivity index (χ2n) is 7.83. The summed E-state index contributed by atoms with van der Waals surface area (Å²) in [6.07, 6.45) is 3.21.